The molecule has 58 heavy (non-hydrogen) atoms. The van der Waals surface area contributed by atoms with Gasteiger partial charge in [-0.1, -0.05) is 36.4 Å². The Morgan fingerprint density at radius 3 is 1.31 bits per heavy atom. The number of amides is 2. The van der Waals surface area contributed by atoms with Crippen molar-refractivity contribution >= 4 is 78.2 Å². The summed E-state index contributed by atoms with van der Waals surface area (Å²) < 4.78 is 67.6. The van der Waals surface area contributed by atoms with Gasteiger partial charge in [0.2, 0.25) is 11.8 Å². The van der Waals surface area contributed by atoms with Crippen LogP contribution in [-0.2, 0) is 55.8 Å². The number of alkyl halides is 2. The lowest BCUT2D eigenvalue weighted by Crippen LogP contribution is -2.27. The van der Waals surface area contributed by atoms with Crippen molar-refractivity contribution < 1.29 is 45.1 Å². The number of rotatable bonds is 18. The quantitative estimate of drug-likeness (QED) is 0.0472. The summed E-state index contributed by atoms with van der Waals surface area (Å²) in [4.78, 5) is 51.0. The van der Waals surface area contributed by atoms with E-state index >= 15 is 0 Å². The van der Waals surface area contributed by atoms with Crippen molar-refractivity contribution in [2.45, 2.75) is 74.5 Å². The van der Waals surface area contributed by atoms with Crippen LogP contribution in [-0.4, -0.2) is 73.2 Å². The minimum absolute atomic E-state index is 0.00303. The number of hydrogen-bond donors (Lipinski definition) is 6. The number of hydrogen-bond acceptors (Lipinski definition) is 10. The molecular formula is C40H42Cl2N4O10S2. The van der Waals surface area contributed by atoms with E-state index in [1.54, 1.807) is 48.5 Å². The molecule has 1 aliphatic rings. The highest BCUT2D eigenvalue weighted by molar-refractivity contribution is 7.86. The lowest BCUT2D eigenvalue weighted by molar-refractivity contribution is -0.119. The van der Waals surface area contributed by atoms with Gasteiger partial charge in [-0.2, -0.15) is 16.8 Å². The van der Waals surface area contributed by atoms with Crippen LogP contribution in [0.25, 0.3) is 0 Å². The SMILES string of the molecule is CC(CCc1cc(CNC(=O)CCl)cc(S(=O)(=O)O)c1)Nc1ccc(NC(C)CCc2cc(CNC(=O)CCl)cc(S(=O)(=O)O)c2)c2c1C(=O)c1ccccc1C2=O. The molecule has 0 spiro atoms. The normalized spacial score (nSPS) is 13.6. The number of fused-ring (bicyclic) bond motifs is 2. The fraction of sp³-hybridized carbons (Fsp3) is 0.300. The first kappa shape index (κ1) is 44.3. The van der Waals surface area contributed by atoms with Crippen LogP contribution in [0.1, 0.15) is 80.8 Å². The molecular weight excluding hydrogens is 831 g/mol. The minimum Gasteiger partial charge on any atom is -0.382 e. The molecule has 5 rings (SSSR count). The maximum Gasteiger partial charge on any atom is 0.294 e. The average Bonchev–Trinajstić information content (AvgIpc) is 3.19. The zero-order chi connectivity index (χ0) is 42.4. The van der Waals surface area contributed by atoms with E-state index in [2.05, 4.69) is 21.3 Å². The Labute approximate surface area is 346 Å². The first-order valence-corrected chi connectivity index (χ1v) is 22.1. The standard InChI is InChI=1S/C40H42Cl2N4O10S2/c1-23(7-9-25-13-27(21-43-35(47)19-41)17-29(15-25)57(51,52)53)45-33-11-12-34(38-37(33)39(49)31-5-3-4-6-32(31)40(38)50)46-24(2)8-10-26-14-28(22-44-36(48)20-42)18-30(16-26)58(54,55)56/h3-6,11-18,23-24,45-46H,7-10,19-22H2,1-2H3,(H,43,47)(H,44,48)(H,51,52,53)(H,54,55,56). The average molecular weight is 874 g/mol. The van der Waals surface area contributed by atoms with Crippen LogP contribution in [0.2, 0.25) is 0 Å². The van der Waals surface area contributed by atoms with E-state index in [0.717, 1.165) is 0 Å². The van der Waals surface area contributed by atoms with E-state index in [0.29, 0.717) is 59.3 Å². The third-order valence-electron chi connectivity index (χ3n) is 9.48. The number of ketones is 2. The topological polar surface area (TPSA) is 225 Å². The summed E-state index contributed by atoms with van der Waals surface area (Å²) in [7, 11) is -9.10. The Morgan fingerprint density at radius 2 is 0.966 bits per heavy atom. The molecule has 6 N–H and O–H groups in total. The summed E-state index contributed by atoms with van der Waals surface area (Å²) in [5, 5.41) is 11.9. The van der Waals surface area contributed by atoms with Gasteiger partial charge in [-0.3, -0.25) is 28.3 Å². The molecule has 0 saturated carbocycles. The van der Waals surface area contributed by atoms with Gasteiger partial charge in [0.15, 0.2) is 11.6 Å². The van der Waals surface area contributed by atoms with Gasteiger partial charge in [-0.25, -0.2) is 0 Å². The zero-order valence-corrected chi connectivity index (χ0v) is 34.6. The lowest BCUT2D eigenvalue weighted by atomic mass is 9.82. The third-order valence-corrected chi connectivity index (χ3v) is 11.6. The van der Waals surface area contributed by atoms with Gasteiger partial charge in [0.1, 0.15) is 11.8 Å². The van der Waals surface area contributed by atoms with Crippen molar-refractivity contribution in [2.75, 3.05) is 22.4 Å². The van der Waals surface area contributed by atoms with Gasteiger partial charge in [0, 0.05) is 47.7 Å². The van der Waals surface area contributed by atoms with Crippen molar-refractivity contribution in [1.82, 2.24) is 10.6 Å². The number of nitrogens with one attached hydrogen (secondary N) is 4. The van der Waals surface area contributed by atoms with Crippen molar-refractivity contribution in [2.24, 2.45) is 0 Å². The lowest BCUT2D eigenvalue weighted by Gasteiger charge is -2.27. The maximum absolute atomic E-state index is 14.1. The molecule has 14 nitrogen and oxygen atoms in total. The summed E-state index contributed by atoms with van der Waals surface area (Å²) in [5.41, 5.74) is 3.77. The maximum atomic E-state index is 14.1. The van der Waals surface area contributed by atoms with Crippen molar-refractivity contribution in [3.8, 4) is 0 Å². The number of carbonyl (C=O) groups is 4. The zero-order valence-electron chi connectivity index (χ0n) is 31.5. The number of halogens is 2. The summed E-state index contributed by atoms with van der Waals surface area (Å²) in [6, 6.07) is 18.0. The number of anilines is 2. The Morgan fingerprint density at radius 1 is 0.603 bits per heavy atom. The van der Waals surface area contributed by atoms with Gasteiger partial charge < -0.3 is 21.3 Å². The molecule has 0 saturated heterocycles. The molecule has 4 aromatic rings. The molecule has 18 heteroatoms. The highest BCUT2D eigenvalue weighted by atomic mass is 35.5. The largest absolute Gasteiger partial charge is 0.382 e. The second kappa shape index (κ2) is 18.8. The summed E-state index contributed by atoms with van der Waals surface area (Å²) in [6.45, 7) is 3.73. The second-order valence-electron chi connectivity index (χ2n) is 14.0. The van der Waals surface area contributed by atoms with Gasteiger partial charge in [-0.15, -0.1) is 23.2 Å². The van der Waals surface area contributed by atoms with E-state index in [4.69, 9.17) is 23.2 Å². The molecule has 0 bridgehead atoms. The van der Waals surface area contributed by atoms with Gasteiger partial charge >= 0.3 is 0 Å². The Hall–Kier alpha value is -4.84. The van der Waals surface area contributed by atoms with E-state index in [1.807, 2.05) is 13.8 Å². The Bertz CT molecular complexity index is 2310. The molecule has 0 heterocycles. The summed E-state index contributed by atoms with van der Waals surface area (Å²) in [5.74, 6) is -2.14. The molecule has 0 fully saturated rings. The van der Waals surface area contributed by atoms with Gasteiger partial charge in [-0.05, 0) is 98.2 Å². The van der Waals surface area contributed by atoms with Crippen molar-refractivity contribution in [3.05, 3.63) is 117 Å². The van der Waals surface area contributed by atoms with E-state index in [9.17, 15) is 45.1 Å². The number of benzene rings is 4. The van der Waals surface area contributed by atoms with Gasteiger partial charge in [0.05, 0.1) is 20.9 Å². The third kappa shape index (κ3) is 11.2. The van der Waals surface area contributed by atoms with Crippen molar-refractivity contribution in [3.63, 3.8) is 0 Å². The molecule has 0 aromatic heterocycles. The first-order valence-electron chi connectivity index (χ1n) is 18.1. The molecule has 0 radical (unpaired) electrons. The van der Waals surface area contributed by atoms with Crippen LogP contribution in [0.4, 0.5) is 11.4 Å². The smallest absolute Gasteiger partial charge is 0.294 e. The van der Waals surface area contributed by atoms with E-state index < -0.39 is 32.1 Å². The summed E-state index contributed by atoms with van der Waals surface area (Å²) >= 11 is 11.1. The van der Waals surface area contributed by atoms with Crippen LogP contribution < -0.4 is 21.3 Å². The van der Waals surface area contributed by atoms with Crippen LogP contribution in [0.15, 0.2) is 82.6 Å². The number of carbonyl (C=O) groups excluding carboxylic acids is 4. The molecule has 1 aliphatic carbocycles. The van der Waals surface area contributed by atoms with Gasteiger partial charge in [0.25, 0.3) is 20.2 Å². The molecule has 2 atom stereocenters. The Balaban J connectivity index is 1.37. The van der Waals surface area contributed by atoms with Crippen LogP contribution in [0.5, 0.6) is 0 Å². The molecule has 0 aliphatic heterocycles. The summed E-state index contributed by atoms with van der Waals surface area (Å²) in [6.07, 6.45) is 1.57. The predicted molar refractivity (Wildman–Crippen MR) is 220 cm³/mol. The minimum atomic E-state index is -4.55. The second-order valence-corrected chi connectivity index (χ2v) is 17.4. The highest BCUT2D eigenvalue weighted by Gasteiger charge is 2.34. The van der Waals surface area contributed by atoms with Crippen molar-refractivity contribution in [1.29, 1.82) is 0 Å². The molecule has 4 aromatic carbocycles. The monoisotopic (exact) mass is 872 g/mol. The molecule has 308 valence electrons. The predicted octanol–water partition coefficient (Wildman–Crippen LogP) is 5.53. The van der Waals surface area contributed by atoms with E-state index in [1.165, 1.54) is 24.3 Å². The Kier molecular flexibility index (Phi) is 14.4. The van der Waals surface area contributed by atoms with E-state index in [-0.39, 0.29) is 80.5 Å². The van der Waals surface area contributed by atoms with Crippen LogP contribution in [0, 0.1) is 0 Å². The molecule has 2 amide bonds. The highest BCUT2D eigenvalue weighted by Crippen LogP contribution is 2.37. The van der Waals surface area contributed by atoms with Crippen LogP contribution in [0.3, 0.4) is 0 Å². The fourth-order valence-electron chi connectivity index (χ4n) is 6.65. The number of aryl methyl sites for hydroxylation is 2. The first-order chi connectivity index (χ1) is 27.4. The molecule has 2 unspecified atom stereocenters. The fourth-order valence-corrected chi connectivity index (χ4v) is 8.04. The van der Waals surface area contributed by atoms with Crippen LogP contribution >= 0.6 is 23.2 Å².